The van der Waals surface area contributed by atoms with Crippen molar-refractivity contribution in [3.63, 3.8) is 0 Å². The van der Waals surface area contributed by atoms with E-state index in [1.807, 2.05) is 30.0 Å². The number of para-hydroxylation sites is 1. The van der Waals surface area contributed by atoms with E-state index in [9.17, 15) is 14.0 Å². The molecule has 0 aliphatic carbocycles. The van der Waals surface area contributed by atoms with Crippen LogP contribution in [0.25, 0.3) is 10.9 Å². The molecule has 6 nitrogen and oxygen atoms in total. The Morgan fingerprint density at radius 2 is 1.86 bits per heavy atom. The minimum Gasteiger partial charge on any atom is -0.367 e. The zero-order valence-electron chi connectivity index (χ0n) is 16.5. The van der Waals surface area contributed by atoms with Crippen molar-refractivity contribution in [2.45, 2.75) is 19.9 Å². The lowest BCUT2D eigenvalue weighted by atomic mass is 10.1. The Hall–Kier alpha value is -3.06. The molecule has 0 spiro atoms. The van der Waals surface area contributed by atoms with Crippen LogP contribution in [0.2, 0.25) is 0 Å². The molecular formula is C22H23FN4O2. The third-order valence-corrected chi connectivity index (χ3v) is 5.58. The summed E-state index contributed by atoms with van der Waals surface area (Å²) in [5.74, 6) is 0.116. The van der Waals surface area contributed by atoms with Crippen molar-refractivity contribution in [1.29, 1.82) is 0 Å². The fourth-order valence-electron chi connectivity index (χ4n) is 3.81. The van der Waals surface area contributed by atoms with Crippen LogP contribution in [-0.4, -0.2) is 46.8 Å². The zero-order chi connectivity index (χ0) is 20.5. The number of nitrogens with one attached hydrogen (secondary N) is 1. The fraction of sp³-hybridized carbons (Fsp3) is 0.318. The van der Waals surface area contributed by atoms with E-state index in [1.165, 1.54) is 13.0 Å². The van der Waals surface area contributed by atoms with Gasteiger partial charge in [-0.25, -0.2) is 9.37 Å². The van der Waals surface area contributed by atoms with Crippen molar-refractivity contribution < 1.29 is 9.18 Å². The molecule has 1 N–H and O–H groups in total. The van der Waals surface area contributed by atoms with Crippen molar-refractivity contribution in [3.8, 4) is 0 Å². The highest BCUT2D eigenvalue weighted by atomic mass is 19.1. The number of benzene rings is 2. The first kappa shape index (κ1) is 19.3. The van der Waals surface area contributed by atoms with E-state index in [0.29, 0.717) is 54.2 Å². The van der Waals surface area contributed by atoms with Gasteiger partial charge in [0, 0.05) is 31.7 Å². The maximum Gasteiger partial charge on any atom is 0.258 e. The van der Waals surface area contributed by atoms with Crippen molar-refractivity contribution >= 4 is 22.4 Å². The molecule has 0 bridgehead atoms. The number of carbonyl (C=O) groups is 1. The number of halogens is 1. The molecule has 3 aromatic rings. The van der Waals surface area contributed by atoms with E-state index in [1.54, 1.807) is 18.2 Å². The van der Waals surface area contributed by atoms with Crippen LogP contribution in [-0.2, 0) is 0 Å². The quantitative estimate of drug-likeness (QED) is 0.689. The van der Waals surface area contributed by atoms with E-state index in [2.05, 4.69) is 14.9 Å². The molecular weight excluding hydrogens is 371 g/mol. The van der Waals surface area contributed by atoms with Crippen molar-refractivity contribution in [3.05, 3.63) is 70.0 Å². The molecule has 2 aromatic carbocycles. The molecule has 1 saturated heterocycles. The summed E-state index contributed by atoms with van der Waals surface area (Å²) in [6, 6.07) is 11.9. The second-order valence-electron chi connectivity index (χ2n) is 7.39. The smallest absolute Gasteiger partial charge is 0.258 e. The first-order valence-electron chi connectivity index (χ1n) is 9.72. The van der Waals surface area contributed by atoms with Crippen LogP contribution >= 0.6 is 0 Å². The van der Waals surface area contributed by atoms with Gasteiger partial charge in [-0.15, -0.1) is 0 Å². The number of anilines is 1. The van der Waals surface area contributed by atoms with Gasteiger partial charge in [0.15, 0.2) is 5.78 Å². The number of rotatable bonds is 4. The van der Waals surface area contributed by atoms with Gasteiger partial charge in [0.25, 0.3) is 5.56 Å². The minimum atomic E-state index is -0.375. The Morgan fingerprint density at radius 1 is 1.14 bits per heavy atom. The monoisotopic (exact) mass is 394 g/mol. The topological polar surface area (TPSA) is 69.3 Å². The lowest BCUT2D eigenvalue weighted by molar-refractivity contribution is 0.101. The molecule has 1 aromatic heterocycles. The molecule has 1 aliphatic rings. The second kappa shape index (κ2) is 7.75. The maximum atomic E-state index is 14.5. The van der Waals surface area contributed by atoms with Gasteiger partial charge in [-0.3, -0.25) is 14.5 Å². The van der Waals surface area contributed by atoms with Crippen molar-refractivity contribution in [2.75, 3.05) is 31.1 Å². The van der Waals surface area contributed by atoms with Crippen LogP contribution in [0.15, 0.2) is 47.3 Å². The number of hydrogen-bond acceptors (Lipinski definition) is 5. The predicted molar refractivity (Wildman–Crippen MR) is 111 cm³/mol. The summed E-state index contributed by atoms with van der Waals surface area (Å²) in [4.78, 5) is 35.5. The van der Waals surface area contributed by atoms with Gasteiger partial charge in [-0.1, -0.05) is 12.1 Å². The molecule has 0 saturated carbocycles. The van der Waals surface area contributed by atoms with Crippen LogP contribution in [0.5, 0.6) is 0 Å². The fourth-order valence-corrected chi connectivity index (χ4v) is 3.81. The highest BCUT2D eigenvalue weighted by molar-refractivity contribution is 5.94. The van der Waals surface area contributed by atoms with Gasteiger partial charge in [0.2, 0.25) is 0 Å². The first-order chi connectivity index (χ1) is 13.9. The van der Waals surface area contributed by atoms with E-state index in [-0.39, 0.29) is 23.2 Å². The molecule has 150 valence electrons. The summed E-state index contributed by atoms with van der Waals surface area (Å²) in [7, 11) is 0. The Bertz CT molecular complexity index is 1120. The highest BCUT2D eigenvalue weighted by Crippen LogP contribution is 2.25. The normalized spacial score (nSPS) is 16.2. The summed E-state index contributed by atoms with van der Waals surface area (Å²) < 4.78 is 14.5. The van der Waals surface area contributed by atoms with Crippen molar-refractivity contribution in [2.24, 2.45) is 0 Å². The molecule has 4 rings (SSSR count). The van der Waals surface area contributed by atoms with Gasteiger partial charge in [0.1, 0.15) is 11.6 Å². The van der Waals surface area contributed by atoms with Gasteiger partial charge >= 0.3 is 0 Å². The summed E-state index contributed by atoms with van der Waals surface area (Å²) in [6.07, 6.45) is 0. The summed E-state index contributed by atoms with van der Waals surface area (Å²) in [5, 5.41) is 0.581. The van der Waals surface area contributed by atoms with Gasteiger partial charge < -0.3 is 9.88 Å². The van der Waals surface area contributed by atoms with Gasteiger partial charge in [-0.2, -0.15) is 0 Å². The molecule has 29 heavy (non-hydrogen) atoms. The van der Waals surface area contributed by atoms with Crippen LogP contribution < -0.4 is 10.5 Å². The van der Waals surface area contributed by atoms with Crippen LogP contribution in [0.1, 0.15) is 36.1 Å². The van der Waals surface area contributed by atoms with Gasteiger partial charge in [-0.05, 0) is 44.2 Å². The Kier molecular flexibility index (Phi) is 5.15. The van der Waals surface area contributed by atoms with E-state index >= 15 is 0 Å². The van der Waals surface area contributed by atoms with Crippen LogP contribution in [0, 0.1) is 5.82 Å². The number of piperazine rings is 1. The highest BCUT2D eigenvalue weighted by Gasteiger charge is 2.25. The molecule has 7 heteroatoms. The largest absolute Gasteiger partial charge is 0.367 e. The average molecular weight is 394 g/mol. The zero-order valence-corrected chi connectivity index (χ0v) is 16.5. The third-order valence-electron chi connectivity index (χ3n) is 5.58. The number of carbonyl (C=O) groups excluding carboxylic acids is 1. The van der Waals surface area contributed by atoms with Crippen LogP contribution in [0.4, 0.5) is 10.1 Å². The Labute approximate surface area is 168 Å². The van der Waals surface area contributed by atoms with E-state index < -0.39 is 0 Å². The second-order valence-corrected chi connectivity index (χ2v) is 7.39. The predicted octanol–water partition coefficient (Wildman–Crippen LogP) is 3.15. The Balaban J connectivity index is 1.48. The Morgan fingerprint density at radius 3 is 2.55 bits per heavy atom. The first-order valence-corrected chi connectivity index (χ1v) is 9.72. The summed E-state index contributed by atoms with van der Waals surface area (Å²) in [6.45, 7) is 6.18. The standard InChI is InChI=1S/C22H23FN4O2/c1-14(21-24-19-6-4-3-5-17(19)22(29)25-21)26-9-11-27(12-10-26)20-8-7-16(15(2)28)13-18(20)23/h3-8,13-14H,9-12H2,1-2H3,(H,24,25,29). The van der Waals surface area contributed by atoms with Crippen molar-refractivity contribution in [1.82, 2.24) is 14.9 Å². The molecule has 1 aliphatic heterocycles. The van der Waals surface area contributed by atoms with Crippen LogP contribution in [0.3, 0.4) is 0 Å². The number of aromatic amines is 1. The van der Waals surface area contributed by atoms with Gasteiger partial charge in [0.05, 0.1) is 22.6 Å². The summed E-state index contributed by atoms with van der Waals surface area (Å²) in [5.41, 5.74) is 1.44. The lowest BCUT2D eigenvalue weighted by Gasteiger charge is -2.38. The molecule has 0 radical (unpaired) electrons. The molecule has 0 amide bonds. The minimum absolute atomic E-state index is 0.0561. The third kappa shape index (κ3) is 3.78. The number of hydrogen-bond donors (Lipinski definition) is 1. The SMILES string of the molecule is CC(=O)c1ccc(N2CCN(C(C)c3nc4ccccc4c(=O)[nH]3)CC2)c(F)c1. The molecule has 1 atom stereocenters. The number of ketones is 1. The number of nitrogens with zero attached hydrogens (tertiary/aromatic N) is 3. The number of fused-ring (bicyclic) bond motifs is 1. The van der Waals surface area contributed by atoms with E-state index in [4.69, 9.17) is 0 Å². The molecule has 1 fully saturated rings. The van der Waals surface area contributed by atoms with E-state index in [0.717, 1.165) is 0 Å². The number of aromatic nitrogens is 2. The molecule has 1 unspecified atom stereocenters. The molecule has 2 heterocycles. The maximum absolute atomic E-state index is 14.5. The summed E-state index contributed by atoms with van der Waals surface area (Å²) >= 11 is 0. The lowest BCUT2D eigenvalue weighted by Crippen LogP contribution is -2.47. The number of H-pyrrole nitrogens is 1. The number of Topliss-reactive ketones (excluding diaryl/α,β-unsaturated/α-hetero) is 1. The average Bonchev–Trinajstić information content (AvgIpc) is 2.73.